The second-order valence-electron chi connectivity index (χ2n) is 4.43. The lowest BCUT2D eigenvalue weighted by Gasteiger charge is -2.13. The third-order valence-corrected chi connectivity index (χ3v) is 4.06. The Labute approximate surface area is 168 Å². The van der Waals surface area contributed by atoms with Crippen LogP contribution in [0.4, 0.5) is 0 Å². The number of hydrogen-bond donors (Lipinski definition) is 2. The molecular formula is C15H25BrIN3O2S. The molecule has 0 aliphatic carbocycles. The summed E-state index contributed by atoms with van der Waals surface area (Å²) in [6, 6.07) is 3.94. The van der Waals surface area contributed by atoms with Crippen LogP contribution in [0.3, 0.4) is 0 Å². The van der Waals surface area contributed by atoms with E-state index in [1.54, 1.807) is 26.0 Å². The molecule has 0 bridgehead atoms. The Morgan fingerprint density at radius 2 is 2.00 bits per heavy atom. The van der Waals surface area contributed by atoms with E-state index in [0.29, 0.717) is 18.0 Å². The Morgan fingerprint density at radius 3 is 2.57 bits per heavy atom. The van der Waals surface area contributed by atoms with Gasteiger partial charge in [-0.25, -0.2) is 4.99 Å². The molecule has 0 saturated carbocycles. The van der Waals surface area contributed by atoms with Crippen LogP contribution in [0.25, 0.3) is 0 Å². The van der Waals surface area contributed by atoms with E-state index in [2.05, 4.69) is 44.7 Å². The van der Waals surface area contributed by atoms with Gasteiger partial charge < -0.3 is 20.1 Å². The molecule has 0 amide bonds. The molecule has 0 radical (unpaired) electrons. The van der Waals surface area contributed by atoms with Crippen molar-refractivity contribution >= 4 is 57.6 Å². The first-order chi connectivity index (χ1) is 10.7. The predicted octanol–water partition coefficient (Wildman–Crippen LogP) is 3.50. The molecule has 0 spiro atoms. The number of rotatable bonds is 8. The topological polar surface area (TPSA) is 54.9 Å². The van der Waals surface area contributed by atoms with Crippen molar-refractivity contribution in [3.63, 3.8) is 0 Å². The van der Waals surface area contributed by atoms with Crippen molar-refractivity contribution < 1.29 is 9.47 Å². The largest absolute Gasteiger partial charge is 0.493 e. The zero-order chi connectivity index (χ0) is 16.4. The molecule has 0 aliphatic rings. The normalized spacial score (nSPS) is 10.7. The lowest BCUT2D eigenvalue weighted by molar-refractivity contribution is 0.352. The number of nitrogens with one attached hydrogen (secondary N) is 2. The summed E-state index contributed by atoms with van der Waals surface area (Å²) in [7, 11) is 3.25. The molecule has 8 heteroatoms. The zero-order valence-corrected chi connectivity index (χ0v) is 18.7. The Bertz CT molecular complexity index is 504. The van der Waals surface area contributed by atoms with Crippen LogP contribution in [-0.4, -0.2) is 45.3 Å². The molecule has 23 heavy (non-hydrogen) atoms. The highest BCUT2D eigenvalue weighted by Crippen LogP contribution is 2.36. The first kappa shape index (κ1) is 22.6. The smallest absolute Gasteiger partial charge is 0.191 e. The van der Waals surface area contributed by atoms with E-state index in [1.165, 1.54) is 0 Å². The Hall–Kier alpha value is -0.350. The van der Waals surface area contributed by atoms with Crippen molar-refractivity contribution in [3.05, 3.63) is 22.2 Å². The summed E-state index contributed by atoms with van der Waals surface area (Å²) in [5, 5.41) is 6.55. The van der Waals surface area contributed by atoms with Crippen LogP contribution in [0.5, 0.6) is 11.5 Å². The fraction of sp³-hybridized carbons (Fsp3) is 0.533. The SMILES string of the molecule is CCNC(=NCc1cc(Br)c(OC)c(OC)c1)NCCSC.I. The first-order valence-electron chi connectivity index (χ1n) is 7.07. The summed E-state index contributed by atoms with van der Waals surface area (Å²) in [6.07, 6.45) is 2.09. The number of thioether (sulfide) groups is 1. The van der Waals surface area contributed by atoms with E-state index in [0.717, 1.165) is 34.8 Å². The minimum atomic E-state index is 0. The Morgan fingerprint density at radius 1 is 1.26 bits per heavy atom. The van der Waals surface area contributed by atoms with Gasteiger partial charge in [-0.1, -0.05) is 0 Å². The molecule has 0 aromatic heterocycles. The molecule has 0 heterocycles. The van der Waals surface area contributed by atoms with Gasteiger partial charge in [0.15, 0.2) is 17.5 Å². The number of hydrogen-bond acceptors (Lipinski definition) is 4. The minimum absolute atomic E-state index is 0. The van der Waals surface area contributed by atoms with Crippen LogP contribution in [0.2, 0.25) is 0 Å². The third-order valence-electron chi connectivity index (χ3n) is 2.86. The summed E-state index contributed by atoms with van der Waals surface area (Å²) in [4.78, 5) is 4.60. The average Bonchev–Trinajstić information content (AvgIpc) is 2.52. The highest BCUT2D eigenvalue weighted by atomic mass is 127. The summed E-state index contributed by atoms with van der Waals surface area (Å²) in [5.74, 6) is 3.26. The molecular weight excluding hydrogens is 493 g/mol. The van der Waals surface area contributed by atoms with Crippen molar-refractivity contribution in [2.24, 2.45) is 4.99 Å². The van der Waals surface area contributed by atoms with Crippen molar-refractivity contribution in [2.75, 3.05) is 39.3 Å². The summed E-state index contributed by atoms with van der Waals surface area (Å²) < 4.78 is 11.5. The van der Waals surface area contributed by atoms with E-state index >= 15 is 0 Å². The highest BCUT2D eigenvalue weighted by molar-refractivity contribution is 14.0. The number of benzene rings is 1. The third kappa shape index (κ3) is 7.84. The monoisotopic (exact) mass is 517 g/mol. The van der Waals surface area contributed by atoms with Gasteiger partial charge in [0.05, 0.1) is 25.2 Å². The number of methoxy groups -OCH3 is 2. The Balaban J connectivity index is 0.00000484. The van der Waals surface area contributed by atoms with Gasteiger partial charge in [0, 0.05) is 18.8 Å². The van der Waals surface area contributed by atoms with Crippen molar-refractivity contribution in [1.82, 2.24) is 10.6 Å². The Kier molecular flexibility index (Phi) is 12.8. The van der Waals surface area contributed by atoms with E-state index < -0.39 is 0 Å². The van der Waals surface area contributed by atoms with Gasteiger partial charge in [-0.05, 0) is 46.8 Å². The fourth-order valence-electron chi connectivity index (χ4n) is 1.85. The van der Waals surface area contributed by atoms with E-state index in [-0.39, 0.29) is 24.0 Å². The standard InChI is InChI=1S/C15H24BrN3O2S.HI/c1-5-17-15(18-6-7-22-4)19-10-11-8-12(16)14(21-3)13(9-11)20-2;/h8-9H,5-7,10H2,1-4H3,(H2,17,18,19);1H. The van der Waals surface area contributed by atoms with Gasteiger partial charge in [-0.2, -0.15) is 11.8 Å². The van der Waals surface area contributed by atoms with Crippen LogP contribution in [-0.2, 0) is 6.54 Å². The van der Waals surface area contributed by atoms with Crippen LogP contribution >= 0.6 is 51.7 Å². The van der Waals surface area contributed by atoms with Gasteiger partial charge in [-0.15, -0.1) is 24.0 Å². The molecule has 0 atom stereocenters. The number of halogens is 2. The lowest BCUT2D eigenvalue weighted by Crippen LogP contribution is -2.38. The zero-order valence-electron chi connectivity index (χ0n) is 13.9. The fourth-order valence-corrected chi connectivity index (χ4v) is 2.80. The average molecular weight is 518 g/mol. The van der Waals surface area contributed by atoms with Gasteiger partial charge >= 0.3 is 0 Å². The second-order valence-corrected chi connectivity index (χ2v) is 6.27. The van der Waals surface area contributed by atoms with Gasteiger partial charge in [0.25, 0.3) is 0 Å². The molecule has 1 aromatic rings. The van der Waals surface area contributed by atoms with E-state index in [9.17, 15) is 0 Å². The molecule has 5 nitrogen and oxygen atoms in total. The first-order valence-corrected chi connectivity index (χ1v) is 9.26. The van der Waals surface area contributed by atoms with Gasteiger partial charge in [0.1, 0.15) is 0 Å². The number of nitrogens with zero attached hydrogens (tertiary/aromatic N) is 1. The summed E-state index contributed by atoms with van der Waals surface area (Å²) >= 11 is 5.31. The lowest BCUT2D eigenvalue weighted by atomic mass is 10.2. The predicted molar refractivity (Wildman–Crippen MR) is 114 cm³/mol. The highest BCUT2D eigenvalue weighted by Gasteiger charge is 2.10. The summed E-state index contributed by atoms with van der Waals surface area (Å²) in [6.45, 7) is 4.34. The molecule has 0 fully saturated rings. The van der Waals surface area contributed by atoms with Gasteiger partial charge in [-0.3, -0.25) is 0 Å². The second kappa shape index (κ2) is 13.0. The van der Waals surface area contributed by atoms with E-state index in [4.69, 9.17) is 9.47 Å². The molecule has 0 unspecified atom stereocenters. The summed E-state index contributed by atoms with van der Waals surface area (Å²) in [5.41, 5.74) is 1.05. The van der Waals surface area contributed by atoms with Crippen molar-refractivity contribution in [3.8, 4) is 11.5 Å². The molecule has 2 N–H and O–H groups in total. The maximum atomic E-state index is 5.35. The van der Waals surface area contributed by atoms with Crippen LogP contribution < -0.4 is 20.1 Å². The number of guanidine groups is 1. The molecule has 1 rings (SSSR count). The van der Waals surface area contributed by atoms with Crippen molar-refractivity contribution in [1.29, 1.82) is 0 Å². The number of aliphatic imine (C=N–C) groups is 1. The number of ether oxygens (including phenoxy) is 2. The van der Waals surface area contributed by atoms with Gasteiger partial charge in [0.2, 0.25) is 0 Å². The molecule has 1 aromatic carbocycles. The van der Waals surface area contributed by atoms with Crippen LogP contribution in [0.1, 0.15) is 12.5 Å². The maximum Gasteiger partial charge on any atom is 0.191 e. The maximum absolute atomic E-state index is 5.35. The molecule has 132 valence electrons. The van der Waals surface area contributed by atoms with E-state index in [1.807, 2.05) is 12.1 Å². The molecule has 0 saturated heterocycles. The van der Waals surface area contributed by atoms with Crippen molar-refractivity contribution in [2.45, 2.75) is 13.5 Å². The molecule has 0 aliphatic heterocycles. The minimum Gasteiger partial charge on any atom is -0.493 e. The van der Waals surface area contributed by atoms with Crippen LogP contribution in [0, 0.1) is 0 Å². The quantitative estimate of drug-likeness (QED) is 0.239. The van der Waals surface area contributed by atoms with Crippen LogP contribution in [0.15, 0.2) is 21.6 Å².